The highest BCUT2D eigenvalue weighted by Gasteiger charge is 2.14. The summed E-state index contributed by atoms with van der Waals surface area (Å²) >= 11 is 0. The number of rotatable bonds is 6. The van der Waals surface area contributed by atoms with Crippen molar-refractivity contribution in [2.75, 3.05) is 12.0 Å². The minimum Gasteiger partial charge on any atom is -0.351 e. The Labute approximate surface area is 88.1 Å². The summed E-state index contributed by atoms with van der Waals surface area (Å²) in [6, 6.07) is -0.510. The third-order valence-electron chi connectivity index (χ3n) is 1.81. The molecular weight excluding hydrogens is 200 g/mol. The average molecular weight is 220 g/mol. The van der Waals surface area contributed by atoms with E-state index in [4.69, 9.17) is 5.73 Å². The van der Waals surface area contributed by atoms with Gasteiger partial charge in [0.25, 0.3) is 0 Å². The second-order valence-corrected chi connectivity index (χ2v) is 5.02. The van der Waals surface area contributed by atoms with Crippen LogP contribution in [-0.4, -0.2) is 34.2 Å². The van der Waals surface area contributed by atoms with Crippen molar-refractivity contribution in [3.05, 3.63) is 0 Å². The second kappa shape index (κ2) is 6.95. The van der Waals surface area contributed by atoms with Gasteiger partial charge in [-0.15, -0.1) is 0 Å². The van der Waals surface area contributed by atoms with Crippen molar-refractivity contribution in [3.63, 3.8) is 0 Å². The fourth-order valence-corrected chi connectivity index (χ4v) is 1.97. The molecule has 0 rings (SSSR count). The van der Waals surface area contributed by atoms with Gasteiger partial charge in [0.2, 0.25) is 5.91 Å². The second-order valence-electron chi connectivity index (χ2n) is 3.54. The lowest BCUT2D eigenvalue weighted by Gasteiger charge is -2.16. The first kappa shape index (κ1) is 13.6. The topological polar surface area (TPSA) is 72.2 Å². The van der Waals surface area contributed by atoms with Crippen molar-refractivity contribution in [1.29, 1.82) is 0 Å². The molecule has 14 heavy (non-hydrogen) atoms. The Morgan fingerprint density at radius 1 is 1.57 bits per heavy atom. The molecule has 5 heteroatoms. The van der Waals surface area contributed by atoms with Crippen LogP contribution in [0.15, 0.2) is 0 Å². The van der Waals surface area contributed by atoms with Gasteiger partial charge in [-0.3, -0.25) is 9.00 Å². The molecule has 1 amide bonds. The minimum absolute atomic E-state index is 0.0729. The van der Waals surface area contributed by atoms with E-state index in [1.807, 2.05) is 13.8 Å². The van der Waals surface area contributed by atoms with E-state index in [1.54, 1.807) is 6.26 Å². The first-order chi connectivity index (χ1) is 6.47. The van der Waals surface area contributed by atoms with Gasteiger partial charge in [0.15, 0.2) is 0 Å². The molecule has 0 spiro atoms. The third-order valence-corrected chi connectivity index (χ3v) is 2.78. The lowest BCUT2D eigenvalue weighted by molar-refractivity contribution is -0.122. The SMILES string of the molecule is CCCC(N)C(=O)NC(C)CS(C)=O. The van der Waals surface area contributed by atoms with E-state index in [1.165, 1.54) is 0 Å². The smallest absolute Gasteiger partial charge is 0.237 e. The fourth-order valence-electron chi connectivity index (χ4n) is 1.19. The van der Waals surface area contributed by atoms with Gasteiger partial charge in [-0.1, -0.05) is 13.3 Å². The monoisotopic (exact) mass is 220 g/mol. The quantitative estimate of drug-likeness (QED) is 0.661. The van der Waals surface area contributed by atoms with Gasteiger partial charge in [0.1, 0.15) is 0 Å². The molecule has 3 unspecified atom stereocenters. The Hall–Kier alpha value is -0.420. The molecule has 0 aromatic heterocycles. The third kappa shape index (κ3) is 6.10. The molecular formula is C9H20N2O2S. The van der Waals surface area contributed by atoms with Crippen LogP contribution in [-0.2, 0) is 15.6 Å². The lowest BCUT2D eigenvalue weighted by Crippen LogP contribution is -2.45. The van der Waals surface area contributed by atoms with Gasteiger partial charge in [-0.2, -0.15) is 0 Å². The number of hydrogen-bond donors (Lipinski definition) is 2. The number of hydrogen-bond acceptors (Lipinski definition) is 3. The predicted octanol–water partition coefficient (Wildman–Crippen LogP) is -0.00300. The molecule has 0 fully saturated rings. The van der Waals surface area contributed by atoms with Gasteiger partial charge < -0.3 is 11.1 Å². The highest BCUT2D eigenvalue weighted by Crippen LogP contribution is 1.94. The molecule has 0 aliphatic rings. The molecule has 0 aromatic carbocycles. The number of carbonyl (C=O) groups is 1. The summed E-state index contributed by atoms with van der Waals surface area (Å²) < 4.78 is 10.9. The van der Waals surface area contributed by atoms with Gasteiger partial charge in [0, 0.05) is 28.9 Å². The normalized spacial score (nSPS) is 17.1. The summed E-state index contributed by atoms with van der Waals surface area (Å²) in [5.41, 5.74) is 5.62. The molecule has 84 valence electrons. The molecule has 0 aliphatic heterocycles. The Balaban J connectivity index is 3.86. The van der Waals surface area contributed by atoms with Crippen LogP contribution in [0.1, 0.15) is 26.7 Å². The van der Waals surface area contributed by atoms with Gasteiger partial charge in [-0.25, -0.2) is 0 Å². The van der Waals surface area contributed by atoms with E-state index < -0.39 is 16.8 Å². The zero-order chi connectivity index (χ0) is 11.1. The van der Waals surface area contributed by atoms with Crippen molar-refractivity contribution >= 4 is 16.7 Å². The molecule has 3 atom stereocenters. The van der Waals surface area contributed by atoms with Crippen molar-refractivity contribution in [2.24, 2.45) is 5.73 Å². The van der Waals surface area contributed by atoms with Crippen LogP contribution in [0, 0.1) is 0 Å². The highest BCUT2D eigenvalue weighted by molar-refractivity contribution is 7.84. The Kier molecular flexibility index (Phi) is 6.74. The summed E-state index contributed by atoms with van der Waals surface area (Å²) in [4.78, 5) is 11.4. The van der Waals surface area contributed by atoms with Gasteiger partial charge in [-0.05, 0) is 13.3 Å². The number of nitrogens with one attached hydrogen (secondary N) is 1. The van der Waals surface area contributed by atoms with Gasteiger partial charge >= 0.3 is 0 Å². The minimum atomic E-state index is -0.885. The lowest BCUT2D eigenvalue weighted by atomic mass is 10.1. The van der Waals surface area contributed by atoms with E-state index in [0.29, 0.717) is 12.2 Å². The Bertz CT molecular complexity index is 209. The molecule has 0 saturated carbocycles. The highest BCUT2D eigenvalue weighted by atomic mass is 32.2. The van der Waals surface area contributed by atoms with Crippen LogP contribution in [0.3, 0.4) is 0 Å². The maximum Gasteiger partial charge on any atom is 0.237 e. The summed E-state index contributed by atoms with van der Waals surface area (Å²) in [6.45, 7) is 3.82. The molecule has 0 heterocycles. The van der Waals surface area contributed by atoms with E-state index in [-0.39, 0.29) is 11.9 Å². The Morgan fingerprint density at radius 3 is 2.57 bits per heavy atom. The maximum absolute atomic E-state index is 11.4. The van der Waals surface area contributed by atoms with E-state index in [9.17, 15) is 9.00 Å². The van der Waals surface area contributed by atoms with Crippen molar-refractivity contribution in [2.45, 2.75) is 38.8 Å². The van der Waals surface area contributed by atoms with Crippen LogP contribution in [0.2, 0.25) is 0 Å². The Morgan fingerprint density at radius 2 is 2.14 bits per heavy atom. The van der Waals surface area contributed by atoms with E-state index in [2.05, 4.69) is 5.32 Å². The zero-order valence-electron chi connectivity index (χ0n) is 9.08. The standard InChI is InChI=1S/C9H20N2O2S/c1-4-5-8(10)9(12)11-7(2)6-14(3)13/h7-8H,4-6,10H2,1-3H3,(H,11,12). The molecule has 0 aliphatic carbocycles. The molecule has 0 radical (unpaired) electrons. The predicted molar refractivity (Wildman–Crippen MR) is 59.4 cm³/mol. The summed E-state index contributed by atoms with van der Waals surface area (Å²) in [5, 5.41) is 2.74. The van der Waals surface area contributed by atoms with E-state index in [0.717, 1.165) is 6.42 Å². The molecule has 4 nitrogen and oxygen atoms in total. The molecule has 3 N–H and O–H groups in total. The maximum atomic E-state index is 11.4. The van der Waals surface area contributed by atoms with E-state index >= 15 is 0 Å². The average Bonchev–Trinajstić information content (AvgIpc) is 2.02. The molecule has 0 bridgehead atoms. The zero-order valence-corrected chi connectivity index (χ0v) is 9.89. The summed E-state index contributed by atoms with van der Waals surface area (Å²) in [5.74, 6) is 0.328. The summed E-state index contributed by atoms with van der Waals surface area (Å²) in [7, 11) is -0.885. The van der Waals surface area contributed by atoms with Crippen LogP contribution in [0.4, 0.5) is 0 Å². The number of nitrogens with two attached hydrogens (primary N) is 1. The fraction of sp³-hybridized carbons (Fsp3) is 0.889. The largest absolute Gasteiger partial charge is 0.351 e. The first-order valence-corrected chi connectivity index (χ1v) is 6.56. The van der Waals surface area contributed by atoms with Crippen molar-refractivity contribution < 1.29 is 9.00 Å². The molecule has 0 aromatic rings. The van der Waals surface area contributed by atoms with Crippen molar-refractivity contribution in [1.82, 2.24) is 5.32 Å². The van der Waals surface area contributed by atoms with Gasteiger partial charge in [0.05, 0.1) is 6.04 Å². The first-order valence-electron chi connectivity index (χ1n) is 4.83. The van der Waals surface area contributed by atoms with Crippen LogP contribution in [0.25, 0.3) is 0 Å². The summed E-state index contributed by atoms with van der Waals surface area (Å²) in [6.07, 6.45) is 3.20. The van der Waals surface area contributed by atoms with Crippen LogP contribution < -0.4 is 11.1 Å². The van der Waals surface area contributed by atoms with Crippen LogP contribution >= 0.6 is 0 Å². The van der Waals surface area contributed by atoms with Crippen molar-refractivity contribution in [3.8, 4) is 0 Å². The molecule has 0 saturated heterocycles. The number of amides is 1. The number of carbonyl (C=O) groups excluding carboxylic acids is 1. The van der Waals surface area contributed by atoms with Crippen LogP contribution in [0.5, 0.6) is 0 Å².